The number of hydrogen-bond donors (Lipinski definition) is 10. The second kappa shape index (κ2) is 16.7. The molecule has 0 aliphatic rings. The average Bonchev–Trinajstić information content (AvgIpc) is 2.87. The van der Waals surface area contributed by atoms with E-state index in [1.165, 1.54) is 24.3 Å². The van der Waals surface area contributed by atoms with Gasteiger partial charge in [0.25, 0.3) is 0 Å². The number of carbonyl (C=O) groups excluding carboxylic acids is 4. The Kier molecular flexibility index (Phi) is 14.1. The minimum atomic E-state index is -1.44. The first-order chi connectivity index (χ1) is 18.3. The first-order valence-electron chi connectivity index (χ1n) is 12.0. The summed E-state index contributed by atoms with van der Waals surface area (Å²) in [6.07, 6.45) is 0.0212. The minimum absolute atomic E-state index is 0.0198. The Morgan fingerprint density at radius 1 is 0.872 bits per heavy atom. The zero-order valence-electron chi connectivity index (χ0n) is 21.2. The molecule has 4 amide bonds. The van der Waals surface area contributed by atoms with Crippen molar-refractivity contribution in [2.45, 2.75) is 56.3 Å². The molecular weight excluding hydrogens is 532 g/mol. The number of nitrogens with one attached hydrogen (secondary N) is 3. The molecule has 0 fully saturated rings. The van der Waals surface area contributed by atoms with Gasteiger partial charge in [-0.3, -0.25) is 24.2 Å². The monoisotopic (exact) mass is 568 g/mol. The van der Waals surface area contributed by atoms with Crippen LogP contribution in [-0.4, -0.2) is 82.2 Å². The van der Waals surface area contributed by atoms with Gasteiger partial charge in [0.1, 0.15) is 23.9 Å². The summed E-state index contributed by atoms with van der Waals surface area (Å²) in [6, 6.07) is 0.920. The molecule has 0 spiro atoms. The van der Waals surface area contributed by atoms with Crippen LogP contribution in [0.25, 0.3) is 0 Å². The van der Waals surface area contributed by atoms with Crippen LogP contribution in [0, 0.1) is 0 Å². The molecule has 1 rings (SSSR count). The second-order valence-corrected chi connectivity index (χ2v) is 9.00. The standard InChI is InChI=1S/C23H36N8O7S/c24-14(2-1-9-28-23(26)27)19(34)31-17(11-39)21(36)30-16(10-12-3-5-13(32)6-4-12)20(35)29-15(22(37)38)7-8-18(25)33/h3-6,14-17,32,39H,1-2,7-11,24H2,(H2,25,33)(H,29,35)(H,30,36)(H,31,34)(H,37,38)(H4,26,27,28). The quantitative estimate of drug-likeness (QED) is 0.0394. The molecule has 216 valence electrons. The molecule has 0 saturated carbocycles. The van der Waals surface area contributed by atoms with Crippen molar-refractivity contribution in [2.24, 2.45) is 27.9 Å². The molecule has 0 aliphatic carbocycles. The van der Waals surface area contributed by atoms with E-state index in [1.54, 1.807) is 0 Å². The Balaban J connectivity index is 2.97. The predicted octanol–water partition coefficient (Wildman–Crippen LogP) is -2.95. The van der Waals surface area contributed by atoms with E-state index in [4.69, 9.17) is 22.9 Å². The number of benzene rings is 1. The van der Waals surface area contributed by atoms with Crippen molar-refractivity contribution in [3.05, 3.63) is 29.8 Å². The van der Waals surface area contributed by atoms with Gasteiger partial charge >= 0.3 is 5.97 Å². The van der Waals surface area contributed by atoms with Crippen molar-refractivity contribution in [3.8, 4) is 5.75 Å². The van der Waals surface area contributed by atoms with Crippen LogP contribution >= 0.6 is 12.6 Å². The number of carboxylic acid groups (broad SMARTS) is 1. The maximum absolute atomic E-state index is 13.0. The number of carboxylic acids is 1. The number of guanidine groups is 1. The van der Waals surface area contributed by atoms with Crippen molar-refractivity contribution in [1.82, 2.24) is 16.0 Å². The van der Waals surface area contributed by atoms with Gasteiger partial charge < -0.3 is 49.1 Å². The average molecular weight is 569 g/mol. The molecule has 16 heteroatoms. The first-order valence-corrected chi connectivity index (χ1v) is 12.6. The van der Waals surface area contributed by atoms with Crippen molar-refractivity contribution in [3.63, 3.8) is 0 Å². The lowest BCUT2D eigenvalue weighted by Gasteiger charge is -2.24. The number of phenolic OH excluding ortho intramolecular Hbond substituents is 1. The summed E-state index contributed by atoms with van der Waals surface area (Å²) in [6.45, 7) is 0.268. The molecule has 1 aromatic carbocycles. The zero-order chi connectivity index (χ0) is 29.5. The fraction of sp³-hybridized carbons (Fsp3) is 0.478. The third-order valence-corrected chi connectivity index (χ3v) is 5.79. The largest absolute Gasteiger partial charge is 0.508 e. The Morgan fingerprint density at radius 3 is 1.97 bits per heavy atom. The van der Waals surface area contributed by atoms with Crippen molar-refractivity contribution >= 4 is 48.2 Å². The highest BCUT2D eigenvalue weighted by molar-refractivity contribution is 7.80. The molecule has 4 atom stereocenters. The summed E-state index contributed by atoms with van der Waals surface area (Å²) in [5, 5.41) is 26.2. The summed E-state index contributed by atoms with van der Waals surface area (Å²) in [5.74, 6) is -4.64. The van der Waals surface area contributed by atoms with E-state index in [9.17, 15) is 34.2 Å². The Morgan fingerprint density at radius 2 is 1.44 bits per heavy atom. The molecule has 0 aromatic heterocycles. The zero-order valence-corrected chi connectivity index (χ0v) is 22.1. The minimum Gasteiger partial charge on any atom is -0.508 e. The lowest BCUT2D eigenvalue weighted by atomic mass is 10.0. The number of aliphatic imine (C=N–C) groups is 1. The maximum atomic E-state index is 13.0. The molecule has 1 aromatic rings. The number of carbonyl (C=O) groups is 5. The van der Waals surface area contributed by atoms with Crippen molar-refractivity contribution < 1.29 is 34.2 Å². The molecule has 0 saturated heterocycles. The van der Waals surface area contributed by atoms with E-state index in [0.717, 1.165) is 0 Å². The van der Waals surface area contributed by atoms with Gasteiger partial charge in [-0.05, 0) is 37.0 Å². The molecule has 0 radical (unpaired) electrons. The van der Waals surface area contributed by atoms with Crippen molar-refractivity contribution in [2.75, 3.05) is 12.3 Å². The Labute approximate surface area is 230 Å². The normalized spacial score (nSPS) is 13.7. The van der Waals surface area contributed by atoms with E-state index in [2.05, 4.69) is 33.6 Å². The van der Waals surface area contributed by atoms with E-state index >= 15 is 0 Å². The fourth-order valence-corrected chi connectivity index (χ4v) is 3.55. The molecule has 0 aliphatic heterocycles. The topological polar surface area (TPSA) is 278 Å². The third-order valence-electron chi connectivity index (χ3n) is 5.42. The lowest BCUT2D eigenvalue weighted by Crippen LogP contribution is -2.58. The van der Waals surface area contributed by atoms with E-state index in [-0.39, 0.29) is 49.7 Å². The van der Waals surface area contributed by atoms with Crippen LogP contribution in [-0.2, 0) is 30.4 Å². The van der Waals surface area contributed by atoms with Gasteiger partial charge in [0.05, 0.1) is 6.04 Å². The predicted molar refractivity (Wildman–Crippen MR) is 145 cm³/mol. The molecule has 39 heavy (non-hydrogen) atoms. The van der Waals surface area contributed by atoms with E-state index < -0.39 is 53.8 Å². The number of thiol groups is 1. The smallest absolute Gasteiger partial charge is 0.326 e. The van der Waals surface area contributed by atoms with Crippen LogP contribution in [0.1, 0.15) is 31.2 Å². The summed E-state index contributed by atoms with van der Waals surface area (Å²) in [4.78, 5) is 65.0. The summed E-state index contributed by atoms with van der Waals surface area (Å²) < 4.78 is 0. The Bertz CT molecular complexity index is 1030. The molecule has 0 heterocycles. The summed E-state index contributed by atoms with van der Waals surface area (Å²) in [5.41, 5.74) is 22.0. The number of primary amides is 1. The van der Waals surface area contributed by atoms with Crippen LogP contribution < -0.4 is 38.9 Å². The van der Waals surface area contributed by atoms with Crippen LogP contribution in [0.5, 0.6) is 5.75 Å². The number of nitrogens with two attached hydrogens (primary N) is 4. The Hall–Kier alpha value is -4.05. The van der Waals surface area contributed by atoms with Gasteiger partial charge in [0, 0.05) is 25.1 Å². The van der Waals surface area contributed by atoms with Crippen LogP contribution in [0.2, 0.25) is 0 Å². The van der Waals surface area contributed by atoms with Gasteiger partial charge in [-0.2, -0.15) is 12.6 Å². The van der Waals surface area contributed by atoms with Gasteiger partial charge in [0.15, 0.2) is 5.96 Å². The second-order valence-electron chi connectivity index (χ2n) is 8.64. The van der Waals surface area contributed by atoms with Crippen LogP contribution in [0.3, 0.4) is 0 Å². The SMILES string of the molecule is NC(=O)CCC(NC(=O)C(Cc1ccc(O)cc1)NC(=O)C(CS)NC(=O)C(N)CCCN=C(N)N)C(=O)O. The number of hydrogen-bond acceptors (Lipinski definition) is 9. The molecule has 0 bridgehead atoms. The highest BCUT2D eigenvalue weighted by atomic mass is 32.1. The highest BCUT2D eigenvalue weighted by Gasteiger charge is 2.30. The summed E-state index contributed by atoms with van der Waals surface area (Å²) in [7, 11) is 0. The third kappa shape index (κ3) is 12.8. The lowest BCUT2D eigenvalue weighted by molar-refractivity contribution is -0.142. The molecule has 4 unspecified atom stereocenters. The first kappa shape index (κ1) is 33.0. The van der Waals surface area contributed by atoms with Gasteiger partial charge in [0.2, 0.25) is 23.6 Å². The number of rotatable bonds is 17. The maximum Gasteiger partial charge on any atom is 0.326 e. The molecule has 15 nitrogen and oxygen atoms in total. The molecular formula is C23H36N8O7S. The molecule has 13 N–H and O–H groups in total. The summed E-state index contributed by atoms with van der Waals surface area (Å²) >= 11 is 4.11. The number of amides is 4. The van der Waals surface area contributed by atoms with Crippen LogP contribution in [0.4, 0.5) is 0 Å². The highest BCUT2D eigenvalue weighted by Crippen LogP contribution is 2.12. The van der Waals surface area contributed by atoms with Gasteiger partial charge in [-0.25, -0.2) is 4.79 Å². The van der Waals surface area contributed by atoms with E-state index in [1.807, 2.05) is 0 Å². The number of aromatic hydroxyl groups is 1. The number of aliphatic carboxylic acids is 1. The van der Waals surface area contributed by atoms with Gasteiger partial charge in [-0.1, -0.05) is 12.1 Å². The fourth-order valence-electron chi connectivity index (χ4n) is 3.29. The van der Waals surface area contributed by atoms with E-state index in [0.29, 0.717) is 12.0 Å². The number of nitrogens with zero attached hydrogens (tertiary/aromatic N) is 1. The van der Waals surface area contributed by atoms with Crippen LogP contribution in [0.15, 0.2) is 29.3 Å². The number of phenols is 1. The van der Waals surface area contributed by atoms with Gasteiger partial charge in [-0.15, -0.1) is 0 Å². The van der Waals surface area contributed by atoms with Crippen molar-refractivity contribution in [1.29, 1.82) is 0 Å².